The number of nitriles is 1. The van der Waals surface area contributed by atoms with Gasteiger partial charge in [-0.2, -0.15) is 18.4 Å². The number of ether oxygens (including phenoxy) is 1. The fourth-order valence-electron chi connectivity index (χ4n) is 3.69. The normalized spacial score (nSPS) is 27.7. The molecule has 6 heteroatoms. The summed E-state index contributed by atoms with van der Waals surface area (Å²) in [5.41, 5.74) is -3.21. The molecule has 3 unspecified atom stereocenters. The van der Waals surface area contributed by atoms with Crippen molar-refractivity contribution in [3.05, 3.63) is 59.9 Å². The SMILES string of the molecule is CC1C(C#N)(Cc2ccc(F)c(Oc3ccccc3)c2)C1(C)C(F)(F)F. The van der Waals surface area contributed by atoms with E-state index in [1.165, 1.54) is 19.1 Å². The number of hydrogen-bond donors (Lipinski definition) is 0. The maximum absolute atomic E-state index is 14.0. The number of benzene rings is 2. The van der Waals surface area contributed by atoms with Gasteiger partial charge in [-0.05, 0) is 49.1 Å². The average molecular weight is 363 g/mol. The van der Waals surface area contributed by atoms with Crippen LogP contribution in [0.5, 0.6) is 11.5 Å². The molecule has 1 aliphatic rings. The van der Waals surface area contributed by atoms with Crippen molar-refractivity contribution >= 4 is 0 Å². The third-order valence-electron chi connectivity index (χ3n) is 5.69. The van der Waals surface area contributed by atoms with E-state index in [-0.39, 0.29) is 12.2 Å². The zero-order valence-corrected chi connectivity index (χ0v) is 14.3. The number of halogens is 4. The fraction of sp³-hybridized carbons (Fsp3) is 0.350. The van der Waals surface area contributed by atoms with Crippen molar-refractivity contribution in [3.63, 3.8) is 0 Å². The van der Waals surface area contributed by atoms with Crippen LogP contribution in [0.1, 0.15) is 19.4 Å². The quantitative estimate of drug-likeness (QED) is 0.635. The Balaban J connectivity index is 1.90. The smallest absolute Gasteiger partial charge is 0.396 e. The Morgan fingerprint density at radius 3 is 2.35 bits per heavy atom. The second-order valence-electron chi connectivity index (χ2n) is 6.86. The summed E-state index contributed by atoms with van der Waals surface area (Å²) in [5, 5.41) is 9.49. The van der Waals surface area contributed by atoms with Gasteiger partial charge in [0.05, 0.1) is 16.9 Å². The van der Waals surface area contributed by atoms with Crippen LogP contribution in [0.15, 0.2) is 48.5 Å². The monoisotopic (exact) mass is 363 g/mol. The molecule has 0 bridgehead atoms. The van der Waals surface area contributed by atoms with Gasteiger partial charge in [0, 0.05) is 0 Å². The lowest BCUT2D eigenvalue weighted by atomic mass is 9.88. The Morgan fingerprint density at radius 1 is 1.15 bits per heavy atom. The predicted molar refractivity (Wildman–Crippen MR) is 88.0 cm³/mol. The van der Waals surface area contributed by atoms with Crippen LogP contribution < -0.4 is 4.74 Å². The maximum atomic E-state index is 14.0. The Morgan fingerprint density at radius 2 is 1.81 bits per heavy atom. The van der Waals surface area contributed by atoms with Gasteiger partial charge in [0.1, 0.15) is 5.75 Å². The van der Waals surface area contributed by atoms with Crippen molar-refractivity contribution in [3.8, 4) is 17.6 Å². The third kappa shape index (κ3) is 2.63. The zero-order chi connectivity index (χ0) is 19.2. The van der Waals surface area contributed by atoms with E-state index < -0.39 is 28.7 Å². The molecule has 0 aliphatic heterocycles. The second-order valence-corrected chi connectivity index (χ2v) is 6.86. The lowest BCUT2D eigenvalue weighted by molar-refractivity contribution is -0.193. The first-order chi connectivity index (χ1) is 12.2. The van der Waals surface area contributed by atoms with Crippen LogP contribution in [0.3, 0.4) is 0 Å². The average Bonchev–Trinajstić information content (AvgIpc) is 3.08. The van der Waals surface area contributed by atoms with Crippen molar-refractivity contribution in [2.24, 2.45) is 16.7 Å². The van der Waals surface area contributed by atoms with Gasteiger partial charge in [0.15, 0.2) is 11.6 Å². The van der Waals surface area contributed by atoms with E-state index in [1.807, 2.05) is 6.07 Å². The topological polar surface area (TPSA) is 33.0 Å². The van der Waals surface area contributed by atoms with Crippen LogP contribution in [-0.4, -0.2) is 6.18 Å². The molecule has 0 saturated heterocycles. The number of nitrogens with zero attached hydrogens (tertiary/aromatic N) is 1. The molecule has 3 atom stereocenters. The van der Waals surface area contributed by atoms with Crippen LogP contribution in [0.2, 0.25) is 0 Å². The summed E-state index contributed by atoms with van der Waals surface area (Å²) in [4.78, 5) is 0. The third-order valence-corrected chi connectivity index (χ3v) is 5.69. The summed E-state index contributed by atoms with van der Waals surface area (Å²) in [5.74, 6) is -1.13. The number of para-hydroxylation sites is 1. The molecular weight excluding hydrogens is 346 g/mol. The molecule has 1 aliphatic carbocycles. The van der Waals surface area contributed by atoms with Crippen LogP contribution >= 0.6 is 0 Å². The molecule has 0 heterocycles. The molecule has 2 aromatic rings. The molecule has 1 saturated carbocycles. The van der Waals surface area contributed by atoms with E-state index >= 15 is 0 Å². The van der Waals surface area contributed by atoms with E-state index in [0.29, 0.717) is 11.3 Å². The minimum absolute atomic E-state index is 0.0798. The predicted octanol–water partition coefficient (Wildman–Crippen LogP) is 5.89. The first-order valence-electron chi connectivity index (χ1n) is 8.15. The first-order valence-corrected chi connectivity index (χ1v) is 8.15. The van der Waals surface area contributed by atoms with Gasteiger partial charge >= 0.3 is 6.18 Å². The number of hydrogen-bond acceptors (Lipinski definition) is 2. The molecule has 2 aromatic carbocycles. The van der Waals surface area contributed by atoms with Crippen LogP contribution in [0, 0.1) is 33.9 Å². The van der Waals surface area contributed by atoms with E-state index in [0.717, 1.165) is 13.0 Å². The molecule has 0 aromatic heterocycles. The van der Waals surface area contributed by atoms with Crippen molar-refractivity contribution in [1.82, 2.24) is 0 Å². The molecular formula is C20H17F4NO. The summed E-state index contributed by atoms with van der Waals surface area (Å²) in [6.07, 6.45) is -4.60. The molecule has 0 radical (unpaired) electrons. The summed E-state index contributed by atoms with van der Waals surface area (Å²) in [6, 6.07) is 14.3. The molecule has 136 valence electrons. The van der Waals surface area contributed by atoms with Crippen molar-refractivity contribution < 1.29 is 22.3 Å². The molecule has 0 amide bonds. The van der Waals surface area contributed by atoms with Gasteiger partial charge in [-0.15, -0.1) is 0 Å². The van der Waals surface area contributed by atoms with Gasteiger partial charge < -0.3 is 4.74 Å². The Kier molecular flexibility index (Phi) is 4.22. The van der Waals surface area contributed by atoms with Crippen LogP contribution in [-0.2, 0) is 6.42 Å². The van der Waals surface area contributed by atoms with Gasteiger partial charge in [-0.25, -0.2) is 4.39 Å². The van der Waals surface area contributed by atoms with Crippen molar-refractivity contribution in [2.75, 3.05) is 0 Å². The zero-order valence-electron chi connectivity index (χ0n) is 14.3. The standard InChI is InChI=1S/C20H17F4NO/c1-13-18(2,20(22,23)24)19(13,12-25)11-14-8-9-16(21)17(10-14)26-15-6-4-3-5-7-15/h3-10,13H,11H2,1-2H3. The van der Waals surface area contributed by atoms with E-state index in [9.17, 15) is 22.8 Å². The van der Waals surface area contributed by atoms with Crippen LogP contribution in [0.4, 0.5) is 17.6 Å². The van der Waals surface area contributed by atoms with Crippen molar-refractivity contribution in [2.45, 2.75) is 26.4 Å². The minimum Gasteiger partial charge on any atom is -0.454 e. The van der Waals surface area contributed by atoms with Gasteiger partial charge in [-0.1, -0.05) is 31.2 Å². The highest BCUT2D eigenvalue weighted by molar-refractivity contribution is 5.39. The number of alkyl halides is 3. The highest BCUT2D eigenvalue weighted by atomic mass is 19.4. The van der Waals surface area contributed by atoms with Gasteiger partial charge in [0.25, 0.3) is 0 Å². The fourth-order valence-corrected chi connectivity index (χ4v) is 3.69. The molecule has 0 N–H and O–H groups in total. The lowest BCUT2D eigenvalue weighted by Crippen LogP contribution is -2.29. The second kappa shape index (κ2) is 6.01. The Bertz CT molecular complexity index is 858. The summed E-state index contributed by atoms with van der Waals surface area (Å²) in [7, 11) is 0. The molecule has 1 fully saturated rings. The van der Waals surface area contributed by atoms with Crippen molar-refractivity contribution in [1.29, 1.82) is 5.26 Å². The van der Waals surface area contributed by atoms with Crippen LogP contribution in [0.25, 0.3) is 0 Å². The molecule has 0 spiro atoms. The van der Waals surface area contributed by atoms with E-state index in [4.69, 9.17) is 4.74 Å². The summed E-state index contributed by atoms with van der Waals surface area (Å²) >= 11 is 0. The van der Waals surface area contributed by atoms with E-state index in [2.05, 4.69) is 0 Å². The van der Waals surface area contributed by atoms with Gasteiger partial charge in [-0.3, -0.25) is 0 Å². The molecule has 2 nitrogen and oxygen atoms in total. The minimum atomic E-state index is -4.48. The van der Waals surface area contributed by atoms with Gasteiger partial charge in [0.2, 0.25) is 0 Å². The molecule has 26 heavy (non-hydrogen) atoms. The number of rotatable bonds is 4. The highest BCUT2D eigenvalue weighted by Gasteiger charge is 2.83. The summed E-state index contributed by atoms with van der Waals surface area (Å²) < 4.78 is 59.9. The lowest BCUT2D eigenvalue weighted by Gasteiger charge is -2.20. The Hall–Kier alpha value is -2.55. The molecule has 3 rings (SSSR count). The maximum Gasteiger partial charge on any atom is 0.396 e. The Labute approximate surface area is 149 Å². The largest absolute Gasteiger partial charge is 0.454 e. The summed E-state index contributed by atoms with van der Waals surface area (Å²) in [6.45, 7) is 2.51. The first kappa shape index (κ1) is 18.2. The highest BCUT2D eigenvalue weighted by Crippen LogP contribution is 2.76. The van der Waals surface area contributed by atoms with E-state index in [1.54, 1.807) is 30.3 Å².